The molecular weight excluding hydrogens is 599 g/mol. The Hall–Kier alpha value is -4.55. The third-order valence-corrected chi connectivity index (χ3v) is 8.01. The van der Waals surface area contributed by atoms with E-state index in [1.165, 1.54) is 29.9 Å². The second-order valence-electron chi connectivity index (χ2n) is 9.62. The minimum Gasteiger partial charge on any atom is -0.465 e. The van der Waals surface area contributed by atoms with Crippen molar-refractivity contribution in [3.05, 3.63) is 54.5 Å². The summed E-state index contributed by atoms with van der Waals surface area (Å²) in [6, 6.07) is 11.9. The molecule has 0 aliphatic carbocycles. The van der Waals surface area contributed by atoms with E-state index >= 15 is 0 Å². The van der Waals surface area contributed by atoms with Crippen LogP contribution in [0, 0.1) is 11.3 Å². The van der Waals surface area contributed by atoms with Crippen molar-refractivity contribution in [2.45, 2.75) is 57.6 Å². The number of aromatic nitrogens is 3. The summed E-state index contributed by atoms with van der Waals surface area (Å²) < 4.78 is 49.0. The van der Waals surface area contributed by atoms with Gasteiger partial charge in [0.05, 0.1) is 12.3 Å². The van der Waals surface area contributed by atoms with Crippen molar-refractivity contribution >= 4 is 37.0 Å². The molecular formula is C27H31N6O10P. The summed E-state index contributed by atoms with van der Waals surface area (Å²) in [7, 11) is -4.49. The van der Waals surface area contributed by atoms with Crippen LogP contribution in [-0.2, 0) is 42.4 Å². The van der Waals surface area contributed by atoms with Crippen LogP contribution in [0.2, 0.25) is 0 Å². The Kier molecular flexibility index (Phi) is 9.85. The number of nitriles is 1. The second kappa shape index (κ2) is 13.4. The maximum atomic E-state index is 14.1. The van der Waals surface area contributed by atoms with Gasteiger partial charge in [0, 0.05) is 13.8 Å². The molecule has 1 aliphatic heterocycles. The molecule has 4 rings (SSSR count). The quantitative estimate of drug-likeness (QED) is 0.167. The number of hydrogen-bond donors (Lipinski definition) is 2. The van der Waals surface area contributed by atoms with Crippen LogP contribution >= 0.6 is 7.75 Å². The molecule has 1 saturated heterocycles. The molecule has 0 radical (unpaired) electrons. The summed E-state index contributed by atoms with van der Waals surface area (Å²) in [6.07, 6.45) is -3.05. The third-order valence-electron chi connectivity index (χ3n) is 6.39. The summed E-state index contributed by atoms with van der Waals surface area (Å²) in [5, 5.41) is 17.2. The van der Waals surface area contributed by atoms with Gasteiger partial charge in [-0.25, -0.2) is 14.1 Å². The Morgan fingerprint density at radius 3 is 2.52 bits per heavy atom. The number of para-hydroxylation sites is 1. The van der Waals surface area contributed by atoms with Crippen LogP contribution in [0.4, 0.5) is 5.82 Å². The third kappa shape index (κ3) is 6.98. The van der Waals surface area contributed by atoms with E-state index < -0.39 is 62.2 Å². The first-order valence-electron chi connectivity index (χ1n) is 13.4. The maximum Gasteiger partial charge on any atom is 0.459 e. The molecule has 6 atom stereocenters. The summed E-state index contributed by atoms with van der Waals surface area (Å²) in [6.45, 7) is 4.43. The molecule has 0 unspecified atom stereocenters. The number of benzene rings is 1. The number of nitrogens with one attached hydrogen (secondary N) is 1. The molecule has 1 aliphatic rings. The maximum absolute atomic E-state index is 14.1. The lowest BCUT2D eigenvalue weighted by molar-refractivity contribution is -0.166. The van der Waals surface area contributed by atoms with Crippen LogP contribution in [0.1, 0.15) is 39.5 Å². The van der Waals surface area contributed by atoms with Gasteiger partial charge in [0.1, 0.15) is 42.4 Å². The number of nitrogen functional groups attached to an aromatic ring is 1. The Morgan fingerprint density at radius 2 is 1.89 bits per heavy atom. The number of carbonyl (C=O) groups excluding carboxylic acids is 3. The number of anilines is 1. The first kappa shape index (κ1) is 32.4. The van der Waals surface area contributed by atoms with Crippen LogP contribution in [-0.4, -0.2) is 69.6 Å². The smallest absolute Gasteiger partial charge is 0.459 e. The molecule has 0 spiro atoms. The number of rotatable bonds is 12. The molecule has 16 nitrogen and oxygen atoms in total. The average Bonchev–Trinajstić information content (AvgIpc) is 3.53. The van der Waals surface area contributed by atoms with Crippen LogP contribution in [0.25, 0.3) is 5.52 Å². The lowest BCUT2D eigenvalue weighted by Gasteiger charge is -2.30. The number of carbonyl (C=O) groups is 3. The fourth-order valence-corrected chi connectivity index (χ4v) is 6.07. The molecule has 1 fully saturated rings. The zero-order chi connectivity index (χ0) is 32.1. The zero-order valence-corrected chi connectivity index (χ0v) is 25.1. The highest BCUT2D eigenvalue weighted by atomic mass is 31.2. The van der Waals surface area contributed by atoms with Crippen LogP contribution in [0.15, 0.2) is 48.8 Å². The molecule has 2 aromatic heterocycles. The van der Waals surface area contributed by atoms with E-state index in [1.807, 2.05) is 6.07 Å². The van der Waals surface area contributed by atoms with Gasteiger partial charge in [-0.15, -0.1) is 0 Å². The lowest BCUT2D eigenvalue weighted by atomic mass is 9.95. The Morgan fingerprint density at radius 1 is 1.18 bits per heavy atom. The van der Waals surface area contributed by atoms with E-state index in [0.717, 1.165) is 13.8 Å². The topological polar surface area (TPSA) is 216 Å². The number of ether oxygens (including phenoxy) is 4. The Balaban J connectivity index is 1.74. The van der Waals surface area contributed by atoms with Gasteiger partial charge in [-0.3, -0.25) is 18.9 Å². The molecule has 3 heterocycles. The molecule has 3 N–H and O–H groups in total. The standard InChI is InChI=1S/C27H31N6O10P/c1-5-38-26(36)16(2)32-44(37,43-19-9-7-6-8-10-19)39-14-27(13-28)24(41-18(4)35)23(40-17(3)34)22(42-27)20-11-12-21-25(29)30-15-31-33(20)21/h6-12,15-16,22-24H,5,14H2,1-4H3,(H,32,37)(H2,29,30,31)/t16-,22-,23-,24-,27+,44-/m0/s1. The highest BCUT2D eigenvalue weighted by Crippen LogP contribution is 2.49. The highest BCUT2D eigenvalue weighted by Gasteiger charge is 2.62. The zero-order valence-electron chi connectivity index (χ0n) is 24.2. The summed E-state index contributed by atoms with van der Waals surface area (Å²) in [5.74, 6) is -2.09. The van der Waals surface area contributed by atoms with Gasteiger partial charge < -0.3 is 29.2 Å². The molecule has 1 aromatic carbocycles. The van der Waals surface area contributed by atoms with E-state index in [9.17, 15) is 24.2 Å². The van der Waals surface area contributed by atoms with E-state index in [4.69, 9.17) is 33.7 Å². The fourth-order valence-electron chi connectivity index (χ4n) is 4.54. The molecule has 0 bridgehead atoms. The Bertz CT molecular complexity index is 1610. The van der Waals surface area contributed by atoms with Crippen LogP contribution < -0.4 is 15.3 Å². The first-order chi connectivity index (χ1) is 20.9. The van der Waals surface area contributed by atoms with Crippen molar-refractivity contribution in [3.63, 3.8) is 0 Å². The summed E-state index contributed by atoms with van der Waals surface area (Å²) >= 11 is 0. The summed E-state index contributed by atoms with van der Waals surface area (Å²) in [5.41, 5.74) is 4.41. The SMILES string of the molecule is CCOC(=O)[C@H](C)N[P@](=O)(OC[C@@]1(C#N)O[C@@H](c2ccc3c(N)ncnn23)[C@H](OC(C)=O)[C@@H]1OC(C)=O)Oc1ccccc1. The number of hydrogen-bond acceptors (Lipinski definition) is 14. The van der Waals surface area contributed by atoms with Crippen LogP contribution in [0.3, 0.4) is 0 Å². The fraction of sp³-hybridized carbons (Fsp3) is 0.407. The first-order valence-corrected chi connectivity index (χ1v) is 14.9. The van der Waals surface area contributed by atoms with Crippen molar-refractivity contribution in [1.82, 2.24) is 19.7 Å². The molecule has 234 valence electrons. The van der Waals surface area contributed by atoms with Crippen LogP contribution in [0.5, 0.6) is 5.75 Å². The van der Waals surface area contributed by atoms with Crippen molar-refractivity contribution < 1.29 is 46.9 Å². The normalized spacial score (nSPS) is 23.2. The number of esters is 3. The number of nitrogens with zero attached hydrogens (tertiary/aromatic N) is 4. The number of nitrogens with two attached hydrogens (primary N) is 1. The van der Waals surface area contributed by atoms with Gasteiger partial charge in [-0.1, -0.05) is 18.2 Å². The summed E-state index contributed by atoms with van der Waals surface area (Å²) in [4.78, 5) is 40.8. The van der Waals surface area contributed by atoms with Gasteiger partial charge >= 0.3 is 25.7 Å². The average molecular weight is 631 g/mol. The van der Waals surface area contributed by atoms with Gasteiger partial charge in [-0.05, 0) is 38.1 Å². The minimum absolute atomic E-state index is 0.0644. The van der Waals surface area contributed by atoms with Gasteiger partial charge in [-0.2, -0.15) is 15.4 Å². The Labute approximate surface area is 251 Å². The van der Waals surface area contributed by atoms with Gasteiger partial charge in [0.25, 0.3) is 0 Å². The minimum atomic E-state index is -4.49. The largest absolute Gasteiger partial charge is 0.465 e. The monoisotopic (exact) mass is 630 g/mol. The lowest BCUT2D eigenvalue weighted by Crippen LogP contribution is -2.49. The van der Waals surface area contributed by atoms with E-state index in [1.54, 1.807) is 37.3 Å². The predicted octanol–water partition coefficient (Wildman–Crippen LogP) is 2.25. The van der Waals surface area contributed by atoms with Gasteiger partial charge in [0.15, 0.2) is 18.0 Å². The van der Waals surface area contributed by atoms with Crippen molar-refractivity contribution in [2.75, 3.05) is 18.9 Å². The van der Waals surface area contributed by atoms with Crippen molar-refractivity contribution in [2.24, 2.45) is 0 Å². The molecule has 3 aromatic rings. The highest BCUT2D eigenvalue weighted by molar-refractivity contribution is 7.52. The molecule has 0 saturated carbocycles. The number of fused-ring (bicyclic) bond motifs is 1. The van der Waals surface area contributed by atoms with Gasteiger partial charge in [0.2, 0.25) is 5.60 Å². The molecule has 44 heavy (non-hydrogen) atoms. The second-order valence-corrected chi connectivity index (χ2v) is 11.3. The van der Waals surface area contributed by atoms with E-state index in [0.29, 0.717) is 5.52 Å². The van der Waals surface area contributed by atoms with Crippen molar-refractivity contribution in [1.29, 1.82) is 5.26 Å². The predicted molar refractivity (Wildman–Crippen MR) is 151 cm³/mol. The van der Waals surface area contributed by atoms with Crippen molar-refractivity contribution in [3.8, 4) is 11.8 Å². The van der Waals surface area contributed by atoms with E-state index in [2.05, 4.69) is 15.2 Å². The van der Waals surface area contributed by atoms with E-state index in [-0.39, 0.29) is 23.9 Å². The molecule has 0 amide bonds. The molecule has 17 heteroatoms.